The van der Waals surface area contributed by atoms with Crippen molar-refractivity contribution in [1.29, 1.82) is 0 Å². The molecule has 0 radical (unpaired) electrons. The van der Waals surface area contributed by atoms with Crippen LogP contribution in [0.2, 0.25) is 5.02 Å². The fraction of sp³-hybridized carbons (Fsp3) is 0.484. The number of aromatic nitrogens is 3. The van der Waals surface area contributed by atoms with Crippen LogP contribution in [0.4, 0.5) is 21.6 Å². The predicted molar refractivity (Wildman–Crippen MR) is 170 cm³/mol. The summed E-state index contributed by atoms with van der Waals surface area (Å²) in [5, 5.41) is 16.1. The van der Waals surface area contributed by atoms with Gasteiger partial charge in [0.15, 0.2) is 5.79 Å². The van der Waals surface area contributed by atoms with Gasteiger partial charge in [0.1, 0.15) is 16.7 Å². The van der Waals surface area contributed by atoms with Crippen LogP contribution < -0.4 is 10.6 Å². The molecular formula is C31H37ClFN7O3S. The highest BCUT2D eigenvalue weighted by atomic mass is 35.5. The van der Waals surface area contributed by atoms with Gasteiger partial charge in [-0.1, -0.05) is 23.4 Å². The number of thioether (sulfide) groups is 1. The molecule has 2 saturated heterocycles. The van der Waals surface area contributed by atoms with Crippen LogP contribution in [0, 0.1) is 11.7 Å². The van der Waals surface area contributed by atoms with E-state index in [1.165, 1.54) is 30.0 Å². The van der Waals surface area contributed by atoms with Crippen molar-refractivity contribution < 1.29 is 18.7 Å². The lowest BCUT2D eigenvalue weighted by molar-refractivity contribution is -0.135. The van der Waals surface area contributed by atoms with Gasteiger partial charge < -0.3 is 25.0 Å². The zero-order valence-corrected chi connectivity index (χ0v) is 26.6. The first kappa shape index (κ1) is 31.1. The average Bonchev–Trinajstić information content (AvgIpc) is 3.32. The Morgan fingerprint density at radius 3 is 2.68 bits per heavy atom. The molecule has 10 nitrogen and oxygen atoms in total. The van der Waals surface area contributed by atoms with E-state index in [4.69, 9.17) is 21.1 Å². The fourth-order valence-electron chi connectivity index (χ4n) is 5.67. The SMILES string of the molecule is CN1CCN(C2CC(C(=O)Nc3cc(Nc4cc(-c5cc(Cl)ccc5F)nnc4SCC4COC(C)(C)O4)ccn3)C2)CC1. The van der Waals surface area contributed by atoms with Crippen molar-refractivity contribution in [2.24, 2.45) is 5.92 Å². The van der Waals surface area contributed by atoms with Gasteiger partial charge in [-0.2, -0.15) is 0 Å². The van der Waals surface area contributed by atoms with Crippen molar-refractivity contribution in [3.63, 3.8) is 0 Å². The van der Waals surface area contributed by atoms with Crippen LogP contribution in [-0.4, -0.2) is 94.4 Å². The molecule has 44 heavy (non-hydrogen) atoms. The molecule has 2 aromatic heterocycles. The number of rotatable bonds is 9. The van der Waals surface area contributed by atoms with Gasteiger partial charge in [0, 0.05) is 72.4 Å². The van der Waals surface area contributed by atoms with Crippen LogP contribution in [0.5, 0.6) is 0 Å². The molecule has 1 amide bonds. The zero-order valence-electron chi connectivity index (χ0n) is 25.1. The number of carbonyl (C=O) groups is 1. The van der Waals surface area contributed by atoms with Gasteiger partial charge in [-0.05, 0) is 64.1 Å². The van der Waals surface area contributed by atoms with Crippen LogP contribution >= 0.6 is 23.4 Å². The lowest BCUT2D eigenvalue weighted by atomic mass is 9.78. The van der Waals surface area contributed by atoms with Crippen LogP contribution in [0.1, 0.15) is 26.7 Å². The number of likely N-dealkylation sites (N-methyl/N-ethyl adjacent to an activating group) is 1. The largest absolute Gasteiger partial charge is 0.353 e. The number of benzene rings is 1. The monoisotopic (exact) mass is 641 g/mol. The number of piperazine rings is 1. The molecule has 1 saturated carbocycles. The first-order chi connectivity index (χ1) is 21.1. The first-order valence-corrected chi connectivity index (χ1v) is 16.2. The Balaban J connectivity index is 1.15. The number of nitrogens with zero attached hydrogens (tertiary/aromatic N) is 5. The van der Waals surface area contributed by atoms with Crippen LogP contribution in [0.3, 0.4) is 0 Å². The van der Waals surface area contributed by atoms with Crippen LogP contribution in [0.25, 0.3) is 11.3 Å². The standard InChI is InChI=1S/C31H37ClFN7O3S/c1-31(2)42-17-23(43-31)18-44-30-27(16-26(37-38-30)24-14-20(32)4-5-25(24)33)35-21-6-7-34-28(15-21)36-29(41)19-12-22(13-19)40-10-8-39(3)9-11-40/h4-7,14-16,19,22-23H,8-13,17-18H2,1-3H3,(H2,34,35,36,37,41). The van der Waals surface area contributed by atoms with Crippen molar-refractivity contribution in [2.75, 3.05) is 56.2 Å². The third-order valence-electron chi connectivity index (χ3n) is 8.27. The summed E-state index contributed by atoms with van der Waals surface area (Å²) in [7, 11) is 2.15. The van der Waals surface area contributed by atoms with E-state index in [1.807, 2.05) is 13.8 Å². The number of nitrogens with one attached hydrogen (secondary N) is 2. The minimum absolute atomic E-state index is 0.0118. The summed E-state index contributed by atoms with van der Waals surface area (Å²) in [6.45, 7) is 8.50. The Labute approximate surface area is 266 Å². The van der Waals surface area contributed by atoms with Gasteiger partial charge in [0.2, 0.25) is 5.91 Å². The summed E-state index contributed by atoms with van der Waals surface area (Å²) in [4.78, 5) is 22.2. The molecule has 2 N–H and O–H groups in total. The molecule has 1 aliphatic carbocycles. The van der Waals surface area contributed by atoms with Gasteiger partial charge in [-0.25, -0.2) is 9.37 Å². The zero-order chi connectivity index (χ0) is 30.8. The van der Waals surface area contributed by atoms with Crippen molar-refractivity contribution in [1.82, 2.24) is 25.0 Å². The third kappa shape index (κ3) is 7.49. The normalized spacial score (nSPS) is 23.7. The van der Waals surface area contributed by atoms with E-state index in [0.717, 1.165) is 39.0 Å². The van der Waals surface area contributed by atoms with Crippen molar-refractivity contribution in [3.8, 4) is 11.3 Å². The first-order valence-electron chi connectivity index (χ1n) is 14.9. The van der Waals surface area contributed by atoms with Crippen LogP contribution in [-0.2, 0) is 14.3 Å². The maximum absolute atomic E-state index is 14.7. The number of carbonyl (C=O) groups excluding carboxylic acids is 1. The molecule has 1 aromatic carbocycles. The maximum atomic E-state index is 14.7. The minimum Gasteiger partial charge on any atom is -0.353 e. The van der Waals surface area contributed by atoms with Gasteiger partial charge in [0.05, 0.1) is 24.1 Å². The summed E-state index contributed by atoms with van der Waals surface area (Å²) in [5.41, 5.74) is 1.89. The Kier molecular flexibility index (Phi) is 9.36. The molecule has 2 aliphatic heterocycles. The average molecular weight is 642 g/mol. The maximum Gasteiger partial charge on any atom is 0.228 e. The Morgan fingerprint density at radius 1 is 1.14 bits per heavy atom. The molecule has 3 fully saturated rings. The van der Waals surface area contributed by atoms with Crippen molar-refractivity contribution >= 4 is 46.5 Å². The Hall–Kier alpha value is -2.87. The number of pyridine rings is 1. The number of ether oxygens (including phenoxy) is 2. The summed E-state index contributed by atoms with van der Waals surface area (Å²) >= 11 is 7.62. The van der Waals surface area contributed by atoms with Crippen LogP contribution in [0.15, 0.2) is 47.6 Å². The summed E-state index contributed by atoms with van der Waals surface area (Å²) in [6, 6.07) is 10.1. The molecular weight excluding hydrogens is 605 g/mol. The van der Waals surface area contributed by atoms with E-state index >= 15 is 0 Å². The topological polar surface area (TPSA) is 105 Å². The predicted octanol–water partition coefficient (Wildman–Crippen LogP) is 5.28. The summed E-state index contributed by atoms with van der Waals surface area (Å²) < 4.78 is 26.4. The molecule has 6 rings (SSSR count). The van der Waals surface area contributed by atoms with E-state index in [-0.39, 0.29) is 23.5 Å². The molecule has 1 unspecified atom stereocenters. The van der Waals surface area contributed by atoms with Crippen molar-refractivity contribution in [2.45, 2.75) is 49.6 Å². The van der Waals surface area contributed by atoms with Gasteiger partial charge in [-0.3, -0.25) is 9.69 Å². The number of anilines is 3. The smallest absolute Gasteiger partial charge is 0.228 e. The summed E-state index contributed by atoms with van der Waals surface area (Å²) in [5.74, 6) is -0.0667. The molecule has 234 valence electrons. The van der Waals surface area contributed by atoms with Gasteiger partial charge in [-0.15, -0.1) is 10.2 Å². The van der Waals surface area contributed by atoms with Crippen molar-refractivity contribution in [3.05, 3.63) is 53.4 Å². The Bertz CT molecular complexity index is 1500. The fourth-order valence-corrected chi connectivity index (χ4v) is 6.71. The lowest BCUT2D eigenvalue weighted by Gasteiger charge is -2.45. The van der Waals surface area contributed by atoms with Gasteiger partial charge in [0.25, 0.3) is 0 Å². The molecule has 4 heterocycles. The summed E-state index contributed by atoms with van der Waals surface area (Å²) in [6.07, 6.45) is 3.26. The lowest BCUT2D eigenvalue weighted by Crippen LogP contribution is -2.54. The second-order valence-corrected chi connectivity index (χ2v) is 13.5. The van der Waals surface area contributed by atoms with E-state index in [0.29, 0.717) is 51.3 Å². The highest BCUT2D eigenvalue weighted by molar-refractivity contribution is 7.99. The quantitative estimate of drug-likeness (QED) is 0.300. The molecule has 13 heteroatoms. The van der Waals surface area contributed by atoms with E-state index in [1.54, 1.807) is 24.4 Å². The minimum atomic E-state index is -0.630. The highest BCUT2D eigenvalue weighted by Crippen LogP contribution is 2.36. The molecule has 1 atom stereocenters. The molecule has 0 spiro atoms. The van der Waals surface area contributed by atoms with E-state index in [2.05, 4.69) is 42.7 Å². The number of halogens is 2. The highest BCUT2D eigenvalue weighted by Gasteiger charge is 2.38. The molecule has 3 aromatic rings. The number of hydrogen-bond donors (Lipinski definition) is 2. The second kappa shape index (κ2) is 13.2. The Morgan fingerprint density at radius 2 is 1.93 bits per heavy atom. The molecule has 0 bridgehead atoms. The third-order valence-corrected chi connectivity index (χ3v) is 9.61. The second-order valence-electron chi connectivity index (χ2n) is 12.0. The number of hydrogen-bond acceptors (Lipinski definition) is 10. The molecule has 3 aliphatic rings. The van der Waals surface area contributed by atoms with E-state index < -0.39 is 11.6 Å². The van der Waals surface area contributed by atoms with E-state index in [9.17, 15) is 9.18 Å². The number of amides is 1. The van der Waals surface area contributed by atoms with Gasteiger partial charge >= 0.3 is 0 Å².